The van der Waals surface area contributed by atoms with Crippen LogP contribution < -0.4 is 48.7 Å². The first-order valence-corrected chi connectivity index (χ1v) is 16.1. The summed E-state index contributed by atoms with van der Waals surface area (Å²) >= 11 is 0. The van der Waals surface area contributed by atoms with Crippen LogP contribution in [0.15, 0.2) is 30.3 Å². The molecular weight excluding hydrogens is 626 g/mol. The third kappa shape index (κ3) is 13.5. The highest BCUT2D eigenvalue weighted by atomic mass is 16.4. The molecule has 48 heavy (non-hydrogen) atoms. The first-order valence-electron chi connectivity index (χ1n) is 16.1. The monoisotopic (exact) mass is 677 g/mol. The van der Waals surface area contributed by atoms with E-state index in [1.807, 2.05) is 0 Å². The van der Waals surface area contributed by atoms with Gasteiger partial charge in [0.05, 0.1) is 12.6 Å². The lowest BCUT2D eigenvalue weighted by Gasteiger charge is -2.26. The van der Waals surface area contributed by atoms with Crippen molar-refractivity contribution >= 4 is 35.5 Å². The quantitative estimate of drug-likeness (QED) is 0.0479. The molecule has 1 aromatic rings. The molecule has 1 aromatic carbocycles. The molecule has 1 aliphatic heterocycles. The Balaban J connectivity index is 2.16. The molecule has 2 rings (SSSR count). The van der Waals surface area contributed by atoms with Gasteiger partial charge in [0.2, 0.25) is 29.5 Å². The van der Waals surface area contributed by atoms with Gasteiger partial charge in [0, 0.05) is 6.42 Å². The number of nitrogens with one attached hydrogen (secondary N) is 7. The average molecular weight is 678 g/mol. The second kappa shape index (κ2) is 20.3. The second-order valence-electron chi connectivity index (χ2n) is 12.1. The molecule has 17 nitrogen and oxygen atoms in total. The molecule has 1 heterocycles. The van der Waals surface area contributed by atoms with Gasteiger partial charge in [-0.05, 0) is 57.2 Å². The van der Waals surface area contributed by atoms with Crippen LogP contribution in [-0.2, 0) is 35.2 Å². The van der Waals surface area contributed by atoms with E-state index in [9.17, 15) is 39.0 Å². The van der Waals surface area contributed by atoms with Crippen molar-refractivity contribution in [1.82, 2.24) is 37.2 Å². The van der Waals surface area contributed by atoms with Crippen LogP contribution in [0.1, 0.15) is 52.0 Å². The van der Waals surface area contributed by atoms with Gasteiger partial charge >= 0.3 is 5.97 Å². The summed E-state index contributed by atoms with van der Waals surface area (Å²) in [6, 6.07) is 2.10. The van der Waals surface area contributed by atoms with Crippen LogP contribution in [0.2, 0.25) is 0 Å². The molecule has 1 aliphatic rings. The van der Waals surface area contributed by atoms with Crippen LogP contribution in [0.25, 0.3) is 0 Å². The van der Waals surface area contributed by atoms with Crippen molar-refractivity contribution in [2.75, 3.05) is 19.7 Å². The van der Waals surface area contributed by atoms with E-state index in [1.165, 1.54) is 6.92 Å². The lowest BCUT2D eigenvalue weighted by atomic mass is 10.0. The number of carbonyl (C=O) groups excluding carboxylic acids is 5. The fourth-order valence-electron chi connectivity index (χ4n) is 4.99. The number of nitrogens with two attached hydrogens (primary N) is 2. The van der Waals surface area contributed by atoms with E-state index < -0.39 is 84.7 Å². The van der Waals surface area contributed by atoms with Gasteiger partial charge < -0.3 is 53.6 Å². The van der Waals surface area contributed by atoms with Crippen molar-refractivity contribution < 1.29 is 39.0 Å². The Morgan fingerprint density at radius 1 is 0.854 bits per heavy atom. The molecule has 1 saturated heterocycles. The highest BCUT2D eigenvalue weighted by molar-refractivity contribution is 5.96. The predicted octanol–water partition coefficient (Wildman–Crippen LogP) is -3.27. The van der Waals surface area contributed by atoms with Crippen molar-refractivity contribution in [1.29, 1.82) is 0 Å². The largest absolute Gasteiger partial charge is 0.480 e. The van der Waals surface area contributed by atoms with Crippen LogP contribution in [-0.4, -0.2) is 108 Å². The number of carbonyl (C=O) groups is 6. The molecule has 6 atom stereocenters. The number of aliphatic hydroxyl groups is 1. The normalized spacial score (nSPS) is 17.5. The minimum absolute atomic E-state index is 0.00799. The Morgan fingerprint density at radius 3 is 2.04 bits per heavy atom. The molecule has 0 spiro atoms. The van der Waals surface area contributed by atoms with Crippen molar-refractivity contribution in [3.63, 3.8) is 0 Å². The van der Waals surface area contributed by atoms with Crippen molar-refractivity contribution in [3.8, 4) is 0 Å². The van der Waals surface area contributed by atoms with Gasteiger partial charge in [-0.2, -0.15) is 0 Å². The molecule has 0 radical (unpaired) electrons. The van der Waals surface area contributed by atoms with Gasteiger partial charge in [0.15, 0.2) is 0 Å². The van der Waals surface area contributed by atoms with Crippen molar-refractivity contribution in [3.05, 3.63) is 35.9 Å². The zero-order chi connectivity index (χ0) is 35.8. The van der Waals surface area contributed by atoms with E-state index in [2.05, 4.69) is 37.2 Å². The summed E-state index contributed by atoms with van der Waals surface area (Å²) in [6.45, 7) is 4.82. The molecule has 0 unspecified atom stereocenters. The summed E-state index contributed by atoms with van der Waals surface area (Å²) in [5, 5.41) is 38.0. The Hall–Kier alpha value is -4.16. The highest BCUT2D eigenvalue weighted by Crippen LogP contribution is 2.08. The summed E-state index contributed by atoms with van der Waals surface area (Å²) in [5.41, 5.74) is 11.7. The number of hydrogen-bond acceptors (Lipinski definition) is 11. The molecule has 268 valence electrons. The van der Waals surface area contributed by atoms with Crippen molar-refractivity contribution in [2.24, 2.45) is 17.4 Å². The molecule has 5 amide bonds. The highest BCUT2D eigenvalue weighted by Gasteiger charge is 2.33. The van der Waals surface area contributed by atoms with E-state index in [4.69, 9.17) is 11.5 Å². The fourth-order valence-corrected chi connectivity index (χ4v) is 4.99. The van der Waals surface area contributed by atoms with Gasteiger partial charge in [-0.25, -0.2) is 4.79 Å². The SMILES string of the molecule is CC(C)[C@H](NC(=O)[C@H](C)NC(=O)[C@H](Cc1ccccc1)NC(=O)[C@H](CO)NC(=O)[C@H](CCCNC(N)N)NC(=O)[C@@H]1CCCN1)C(=O)O. The average Bonchev–Trinajstić information content (AvgIpc) is 3.58. The molecule has 17 heteroatoms. The van der Waals surface area contributed by atoms with E-state index in [0.29, 0.717) is 31.5 Å². The Kier molecular flexibility index (Phi) is 16.9. The van der Waals surface area contributed by atoms with Gasteiger partial charge in [0.1, 0.15) is 36.5 Å². The van der Waals surface area contributed by atoms with Gasteiger partial charge in [-0.15, -0.1) is 0 Å². The molecule has 0 aliphatic carbocycles. The summed E-state index contributed by atoms with van der Waals surface area (Å²) < 4.78 is 0. The first kappa shape index (κ1) is 40.0. The van der Waals surface area contributed by atoms with Crippen LogP contribution in [0.3, 0.4) is 0 Å². The van der Waals surface area contributed by atoms with E-state index in [1.54, 1.807) is 44.2 Å². The Labute approximate surface area is 280 Å². The molecule has 0 aromatic heterocycles. The third-order valence-corrected chi connectivity index (χ3v) is 7.77. The minimum Gasteiger partial charge on any atom is -0.480 e. The van der Waals surface area contributed by atoms with E-state index >= 15 is 0 Å². The first-order chi connectivity index (χ1) is 22.7. The maximum Gasteiger partial charge on any atom is 0.326 e. The van der Waals surface area contributed by atoms with Crippen LogP contribution in [0.5, 0.6) is 0 Å². The molecule has 13 N–H and O–H groups in total. The summed E-state index contributed by atoms with van der Waals surface area (Å²) in [4.78, 5) is 77.2. The summed E-state index contributed by atoms with van der Waals surface area (Å²) in [5.74, 6) is -5.12. The van der Waals surface area contributed by atoms with E-state index in [0.717, 1.165) is 6.42 Å². The zero-order valence-corrected chi connectivity index (χ0v) is 27.7. The minimum atomic E-state index is -1.49. The standard InChI is InChI=1S/C31H51N9O8/c1-17(2)24(30(47)48)40-25(42)18(3)36-28(45)22(15-19-9-5-4-6-10-19)38-29(46)23(16-41)39-27(44)21(12-8-14-35-31(32)33)37-26(43)20-11-7-13-34-20/h4-6,9-10,17-18,20-24,31,34-35,41H,7-8,11-16,32-33H2,1-3H3,(H,36,45)(H,37,43)(H,38,46)(H,39,44)(H,40,42)(H,47,48)/t18-,20-,21-,22-,23-,24-/m0/s1. The zero-order valence-electron chi connectivity index (χ0n) is 27.7. The van der Waals surface area contributed by atoms with Crippen LogP contribution in [0, 0.1) is 5.92 Å². The maximum atomic E-state index is 13.4. The summed E-state index contributed by atoms with van der Waals surface area (Å²) in [7, 11) is 0. The molecule has 0 bridgehead atoms. The van der Waals surface area contributed by atoms with Gasteiger partial charge in [0.25, 0.3) is 0 Å². The number of rotatable bonds is 20. The number of amides is 5. The smallest absolute Gasteiger partial charge is 0.326 e. The Bertz CT molecular complexity index is 1230. The van der Waals surface area contributed by atoms with Crippen LogP contribution >= 0.6 is 0 Å². The fraction of sp³-hybridized carbons (Fsp3) is 0.613. The molecule has 1 fully saturated rings. The number of benzene rings is 1. The van der Waals surface area contributed by atoms with Crippen LogP contribution in [0.4, 0.5) is 0 Å². The number of carboxylic acid groups (broad SMARTS) is 1. The molecular formula is C31H51N9O8. The Morgan fingerprint density at radius 2 is 1.48 bits per heavy atom. The lowest BCUT2D eigenvalue weighted by molar-refractivity contribution is -0.143. The summed E-state index contributed by atoms with van der Waals surface area (Å²) in [6.07, 6.45) is 1.20. The topological polar surface area (TPSA) is 279 Å². The maximum absolute atomic E-state index is 13.4. The number of aliphatic hydroxyl groups excluding tert-OH is 1. The lowest BCUT2D eigenvalue weighted by Crippen LogP contribution is -2.60. The predicted molar refractivity (Wildman–Crippen MR) is 175 cm³/mol. The van der Waals surface area contributed by atoms with E-state index in [-0.39, 0.29) is 18.7 Å². The molecule has 0 saturated carbocycles. The number of hydrogen-bond donors (Lipinski definition) is 11. The van der Waals surface area contributed by atoms with Gasteiger partial charge in [-0.1, -0.05) is 44.2 Å². The van der Waals surface area contributed by atoms with Gasteiger partial charge in [-0.3, -0.25) is 29.3 Å². The number of carboxylic acids is 1. The van der Waals surface area contributed by atoms with Crippen molar-refractivity contribution in [2.45, 2.75) is 95.4 Å². The third-order valence-electron chi connectivity index (χ3n) is 7.77. The number of aliphatic carboxylic acids is 1. The second-order valence-corrected chi connectivity index (χ2v) is 12.1.